The maximum Gasteiger partial charge on any atom is 0.317 e. The number of hydrogen-bond acceptors (Lipinski definition) is 4. The van der Waals surface area contributed by atoms with Gasteiger partial charge >= 0.3 is 5.97 Å². The van der Waals surface area contributed by atoms with Crippen LogP contribution in [-0.4, -0.2) is 23.7 Å². The molecule has 0 saturated heterocycles. The number of thioether (sulfide) groups is 1. The van der Waals surface area contributed by atoms with Crippen LogP contribution in [0.5, 0.6) is 0 Å². The Bertz CT molecular complexity index is 725. The van der Waals surface area contributed by atoms with Crippen LogP contribution >= 0.6 is 35.0 Å². The molecule has 0 fully saturated rings. The van der Waals surface area contributed by atoms with Gasteiger partial charge in [-0.1, -0.05) is 41.4 Å². The molecule has 2 rings (SSSR count). The fourth-order valence-corrected chi connectivity index (χ4v) is 2.81. The fourth-order valence-electron chi connectivity index (χ4n) is 1.77. The Morgan fingerprint density at radius 3 is 2.58 bits per heavy atom. The van der Waals surface area contributed by atoms with Crippen LogP contribution < -0.4 is 5.32 Å². The number of benzene rings is 2. The highest BCUT2D eigenvalue weighted by Gasteiger charge is 2.19. The van der Waals surface area contributed by atoms with E-state index in [2.05, 4.69) is 5.32 Å². The third kappa shape index (κ3) is 5.74. The van der Waals surface area contributed by atoms with Crippen LogP contribution in [0.15, 0.2) is 53.4 Å². The Morgan fingerprint density at radius 2 is 1.88 bits per heavy atom. The number of esters is 1. The second-order valence-electron chi connectivity index (χ2n) is 4.85. The van der Waals surface area contributed by atoms with Gasteiger partial charge in [0.2, 0.25) is 0 Å². The van der Waals surface area contributed by atoms with Crippen molar-refractivity contribution in [3.63, 3.8) is 0 Å². The van der Waals surface area contributed by atoms with Gasteiger partial charge in [-0.15, -0.1) is 11.8 Å². The van der Waals surface area contributed by atoms with Gasteiger partial charge in [-0.2, -0.15) is 0 Å². The molecule has 0 heterocycles. The lowest BCUT2D eigenvalue weighted by Gasteiger charge is -2.14. The molecule has 0 unspecified atom stereocenters. The number of carbonyl (C=O) groups excluding carboxylic acids is 2. The van der Waals surface area contributed by atoms with Crippen molar-refractivity contribution in [3.8, 4) is 0 Å². The maximum atomic E-state index is 12.1. The van der Waals surface area contributed by atoms with Crippen molar-refractivity contribution in [2.24, 2.45) is 0 Å². The first kappa shape index (κ1) is 18.6. The SMILES string of the molecule is C[C@@H](OC(=O)CSc1ccccc1)C(=O)Nc1cc(Cl)ccc1Cl. The quantitative estimate of drug-likeness (QED) is 0.582. The van der Waals surface area contributed by atoms with Crippen LogP contribution in [0.2, 0.25) is 10.0 Å². The number of halogens is 2. The van der Waals surface area contributed by atoms with Gasteiger partial charge in [-0.05, 0) is 37.3 Å². The van der Waals surface area contributed by atoms with Gasteiger partial charge in [0.05, 0.1) is 16.5 Å². The van der Waals surface area contributed by atoms with E-state index in [1.54, 1.807) is 12.1 Å². The van der Waals surface area contributed by atoms with Crippen molar-refractivity contribution < 1.29 is 14.3 Å². The lowest BCUT2D eigenvalue weighted by atomic mass is 10.3. The average molecular weight is 384 g/mol. The standard InChI is InChI=1S/C17H15Cl2NO3S/c1-11(17(22)20-15-9-12(18)7-8-14(15)19)23-16(21)10-24-13-5-3-2-4-6-13/h2-9,11H,10H2,1H3,(H,20,22)/t11-/m1/s1. The van der Waals surface area contributed by atoms with Gasteiger partial charge in [-0.3, -0.25) is 9.59 Å². The summed E-state index contributed by atoms with van der Waals surface area (Å²) in [6.07, 6.45) is -0.941. The number of carbonyl (C=O) groups is 2. The molecular weight excluding hydrogens is 369 g/mol. The Hall–Kier alpha value is -1.69. The van der Waals surface area contributed by atoms with E-state index in [9.17, 15) is 9.59 Å². The molecule has 0 aliphatic heterocycles. The van der Waals surface area contributed by atoms with Gasteiger partial charge in [-0.25, -0.2) is 0 Å². The molecule has 0 aliphatic rings. The highest BCUT2D eigenvalue weighted by atomic mass is 35.5. The number of hydrogen-bond donors (Lipinski definition) is 1. The van der Waals surface area contributed by atoms with E-state index >= 15 is 0 Å². The smallest absolute Gasteiger partial charge is 0.317 e. The molecule has 7 heteroatoms. The Balaban J connectivity index is 1.84. The van der Waals surface area contributed by atoms with Crippen molar-refractivity contribution >= 4 is 52.5 Å². The number of rotatable bonds is 6. The van der Waals surface area contributed by atoms with Gasteiger partial charge in [0, 0.05) is 9.92 Å². The van der Waals surface area contributed by atoms with Gasteiger partial charge < -0.3 is 10.1 Å². The molecule has 0 saturated carbocycles. The third-order valence-corrected chi connectivity index (χ3v) is 4.51. The topological polar surface area (TPSA) is 55.4 Å². The summed E-state index contributed by atoms with van der Waals surface area (Å²) < 4.78 is 5.13. The van der Waals surface area contributed by atoms with E-state index in [0.717, 1.165) is 4.90 Å². The zero-order valence-electron chi connectivity index (χ0n) is 12.8. The maximum absolute atomic E-state index is 12.1. The van der Waals surface area contributed by atoms with Crippen molar-refractivity contribution in [2.75, 3.05) is 11.1 Å². The normalized spacial score (nSPS) is 11.6. The first-order valence-corrected chi connectivity index (χ1v) is 8.83. The molecule has 0 bridgehead atoms. The van der Waals surface area contributed by atoms with E-state index in [1.165, 1.54) is 24.8 Å². The molecule has 24 heavy (non-hydrogen) atoms. The van der Waals surface area contributed by atoms with Crippen LogP contribution in [0, 0.1) is 0 Å². The second-order valence-corrected chi connectivity index (χ2v) is 6.74. The van der Waals surface area contributed by atoms with E-state index in [4.69, 9.17) is 27.9 Å². The summed E-state index contributed by atoms with van der Waals surface area (Å²) in [6.45, 7) is 1.50. The summed E-state index contributed by atoms with van der Waals surface area (Å²) in [5, 5.41) is 3.39. The number of anilines is 1. The summed E-state index contributed by atoms with van der Waals surface area (Å²) in [7, 11) is 0. The van der Waals surface area contributed by atoms with E-state index in [0.29, 0.717) is 15.7 Å². The van der Waals surface area contributed by atoms with Crippen molar-refractivity contribution in [3.05, 3.63) is 58.6 Å². The molecule has 0 aromatic heterocycles. The lowest BCUT2D eigenvalue weighted by molar-refractivity contribution is -0.150. The number of nitrogens with one attached hydrogen (secondary N) is 1. The Kier molecular flexibility index (Phi) is 6.97. The zero-order chi connectivity index (χ0) is 17.5. The predicted molar refractivity (Wildman–Crippen MR) is 97.8 cm³/mol. The molecular formula is C17H15Cl2NO3S. The number of amides is 1. The summed E-state index contributed by atoms with van der Waals surface area (Å²) in [4.78, 5) is 24.9. The summed E-state index contributed by atoms with van der Waals surface area (Å²) in [5.41, 5.74) is 0.371. The molecule has 1 amide bonds. The average Bonchev–Trinajstić information content (AvgIpc) is 2.57. The minimum atomic E-state index is -0.941. The monoisotopic (exact) mass is 383 g/mol. The molecule has 1 atom stereocenters. The molecule has 0 radical (unpaired) electrons. The fraction of sp³-hybridized carbons (Fsp3) is 0.176. The lowest BCUT2D eigenvalue weighted by Crippen LogP contribution is -2.30. The predicted octanol–water partition coefficient (Wildman–Crippen LogP) is 4.66. The Morgan fingerprint density at radius 1 is 1.17 bits per heavy atom. The van der Waals surface area contributed by atoms with Crippen LogP contribution in [-0.2, 0) is 14.3 Å². The third-order valence-electron chi connectivity index (χ3n) is 2.96. The first-order chi connectivity index (χ1) is 11.5. The van der Waals surface area contributed by atoms with Crippen molar-refractivity contribution in [1.82, 2.24) is 0 Å². The van der Waals surface area contributed by atoms with Crippen molar-refractivity contribution in [1.29, 1.82) is 0 Å². The Labute approximate surface area is 154 Å². The van der Waals surface area contributed by atoms with Crippen LogP contribution in [0.3, 0.4) is 0 Å². The molecule has 1 N–H and O–H groups in total. The molecule has 126 valence electrons. The molecule has 0 aliphatic carbocycles. The minimum absolute atomic E-state index is 0.125. The molecule has 2 aromatic rings. The molecule has 4 nitrogen and oxygen atoms in total. The van der Waals surface area contributed by atoms with Crippen LogP contribution in [0.4, 0.5) is 5.69 Å². The molecule has 2 aromatic carbocycles. The molecule has 0 spiro atoms. The minimum Gasteiger partial charge on any atom is -0.452 e. The van der Waals surface area contributed by atoms with Gasteiger partial charge in [0.1, 0.15) is 0 Å². The van der Waals surface area contributed by atoms with E-state index in [-0.39, 0.29) is 5.75 Å². The largest absolute Gasteiger partial charge is 0.452 e. The van der Waals surface area contributed by atoms with Gasteiger partial charge in [0.15, 0.2) is 6.10 Å². The zero-order valence-corrected chi connectivity index (χ0v) is 15.1. The first-order valence-electron chi connectivity index (χ1n) is 7.09. The highest BCUT2D eigenvalue weighted by Crippen LogP contribution is 2.25. The van der Waals surface area contributed by atoms with Crippen LogP contribution in [0.1, 0.15) is 6.92 Å². The van der Waals surface area contributed by atoms with E-state index < -0.39 is 18.0 Å². The van der Waals surface area contributed by atoms with E-state index in [1.807, 2.05) is 30.3 Å². The van der Waals surface area contributed by atoms with Crippen molar-refractivity contribution in [2.45, 2.75) is 17.9 Å². The second kappa shape index (κ2) is 8.97. The summed E-state index contributed by atoms with van der Waals surface area (Å²) >= 11 is 13.2. The highest BCUT2D eigenvalue weighted by molar-refractivity contribution is 8.00. The summed E-state index contributed by atoms with van der Waals surface area (Å²) in [6, 6.07) is 14.2. The van der Waals surface area contributed by atoms with Gasteiger partial charge in [0.25, 0.3) is 5.91 Å². The van der Waals surface area contributed by atoms with Crippen LogP contribution in [0.25, 0.3) is 0 Å². The summed E-state index contributed by atoms with van der Waals surface area (Å²) in [5.74, 6) is -0.819. The number of ether oxygens (including phenoxy) is 1.